The topological polar surface area (TPSA) is 101 Å². The Hall–Kier alpha value is -1.93. The Morgan fingerprint density at radius 3 is 2.79 bits per heavy atom. The number of benzene rings is 1. The molecule has 1 unspecified atom stereocenters. The number of nitrogens with two attached hydrogens (primary N) is 1. The number of nitrogen functional groups attached to an aromatic ring is 1. The lowest BCUT2D eigenvalue weighted by molar-refractivity contribution is 0.547. The van der Waals surface area contributed by atoms with Crippen LogP contribution in [0.3, 0.4) is 0 Å². The summed E-state index contributed by atoms with van der Waals surface area (Å²) in [6.45, 7) is 1.64. The Bertz CT molecular complexity index is 670. The molecule has 2 rings (SSSR count). The number of nitrogens with zero attached hydrogens (tertiary/aromatic N) is 1. The summed E-state index contributed by atoms with van der Waals surface area (Å²) in [7, 11) is -3.96. The average molecular weight is 284 g/mol. The van der Waals surface area contributed by atoms with E-state index in [0.717, 1.165) is 12.1 Å². The number of H-pyrrole nitrogens is 1. The first-order chi connectivity index (χ1) is 8.90. The Morgan fingerprint density at radius 2 is 2.21 bits per heavy atom. The Labute approximate surface area is 109 Å². The highest BCUT2D eigenvalue weighted by Gasteiger charge is 2.22. The Balaban J connectivity index is 2.28. The molecule has 8 heteroatoms. The van der Waals surface area contributed by atoms with Crippen molar-refractivity contribution in [3.8, 4) is 0 Å². The molecule has 4 N–H and O–H groups in total. The molecule has 2 aromatic rings. The molecule has 0 aliphatic rings. The van der Waals surface area contributed by atoms with Crippen LogP contribution in [0, 0.1) is 5.82 Å². The van der Waals surface area contributed by atoms with Crippen LogP contribution >= 0.6 is 0 Å². The minimum atomic E-state index is -3.96. The first-order valence-electron chi connectivity index (χ1n) is 5.46. The van der Waals surface area contributed by atoms with Crippen LogP contribution < -0.4 is 10.5 Å². The van der Waals surface area contributed by atoms with Gasteiger partial charge in [0.15, 0.2) is 0 Å². The number of halogens is 1. The van der Waals surface area contributed by atoms with E-state index in [4.69, 9.17) is 5.73 Å². The van der Waals surface area contributed by atoms with E-state index in [9.17, 15) is 12.8 Å². The van der Waals surface area contributed by atoms with Crippen LogP contribution in [0.15, 0.2) is 35.5 Å². The van der Waals surface area contributed by atoms with Crippen molar-refractivity contribution in [2.75, 3.05) is 5.73 Å². The van der Waals surface area contributed by atoms with Crippen LogP contribution in [-0.4, -0.2) is 18.6 Å². The zero-order chi connectivity index (χ0) is 14.0. The van der Waals surface area contributed by atoms with Gasteiger partial charge in [-0.1, -0.05) is 0 Å². The number of aromatic nitrogens is 2. The molecule has 0 radical (unpaired) electrons. The molecular weight excluding hydrogens is 271 g/mol. The van der Waals surface area contributed by atoms with Crippen molar-refractivity contribution in [3.63, 3.8) is 0 Å². The second-order valence-corrected chi connectivity index (χ2v) is 5.75. The van der Waals surface area contributed by atoms with Gasteiger partial charge in [-0.05, 0) is 25.1 Å². The van der Waals surface area contributed by atoms with Gasteiger partial charge in [-0.25, -0.2) is 17.5 Å². The van der Waals surface area contributed by atoms with Crippen LogP contribution in [-0.2, 0) is 10.0 Å². The van der Waals surface area contributed by atoms with E-state index in [0.29, 0.717) is 5.56 Å². The Morgan fingerprint density at radius 1 is 1.47 bits per heavy atom. The molecule has 6 nitrogen and oxygen atoms in total. The van der Waals surface area contributed by atoms with Crippen molar-refractivity contribution in [2.45, 2.75) is 17.9 Å². The second-order valence-electron chi connectivity index (χ2n) is 4.06. The predicted octanol–water partition coefficient (Wildman–Crippen LogP) is 1.17. The third kappa shape index (κ3) is 2.91. The van der Waals surface area contributed by atoms with Gasteiger partial charge in [-0.15, -0.1) is 0 Å². The van der Waals surface area contributed by atoms with E-state index >= 15 is 0 Å². The summed E-state index contributed by atoms with van der Waals surface area (Å²) in [5.41, 5.74) is 6.20. The molecule has 0 saturated carbocycles. The summed E-state index contributed by atoms with van der Waals surface area (Å²) in [4.78, 5) is -0.433. The first kappa shape index (κ1) is 13.5. The van der Waals surface area contributed by atoms with Crippen molar-refractivity contribution < 1.29 is 12.8 Å². The van der Waals surface area contributed by atoms with E-state index in [1.165, 1.54) is 12.3 Å². The third-order valence-electron chi connectivity index (χ3n) is 2.60. The molecule has 1 heterocycles. The molecule has 102 valence electrons. The molecule has 0 saturated heterocycles. The second kappa shape index (κ2) is 4.98. The van der Waals surface area contributed by atoms with Gasteiger partial charge in [-0.3, -0.25) is 5.10 Å². The highest BCUT2D eigenvalue weighted by molar-refractivity contribution is 7.89. The maximum Gasteiger partial charge on any atom is 0.244 e. The lowest BCUT2D eigenvalue weighted by Gasteiger charge is -2.13. The van der Waals surface area contributed by atoms with E-state index in [-0.39, 0.29) is 5.69 Å². The van der Waals surface area contributed by atoms with Gasteiger partial charge in [0, 0.05) is 23.5 Å². The lowest BCUT2D eigenvalue weighted by Crippen LogP contribution is -2.27. The van der Waals surface area contributed by atoms with Gasteiger partial charge in [0.1, 0.15) is 10.7 Å². The number of aromatic amines is 1. The fourth-order valence-corrected chi connectivity index (χ4v) is 2.89. The monoisotopic (exact) mass is 284 g/mol. The summed E-state index contributed by atoms with van der Waals surface area (Å²) in [6.07, 6.45) is 3.05. The largest absolute Gasteiger partial charge is 0.399 e. The lowest BCUT2D eigenvalue weighted by atomic mass is 10.2. The molecule has 1 aromatic heterocycles. The van der Waals surface area contributed by atoms with E-state index < -0.39 is 26.8 Å². The summed E-state index contributed by atoms with van der Waals surface area (Å²) in [5.74, 6) is -0.883. The van der Waals surface area contributed by atoms with Crippen LogP contribution in [0.25, 0.3) is 0 Å². The summed E-state index contributed by atoms with van der Waals surface area (Å²) < 4.78 is 40.1. The SMILES string of the molecule is CC(NS(=O)(=O)c1ccc(N)cc1F)c1cn[nH]c1. The van der Waals surface area contributed by atoms with Crippen LogP contribution in [0.2, 0.25) is 0 Å². The number of hydrogen-bond donors (Lipinski definition) is 3. The maximum absolute atomic E-state index is 13.6. The zero-order valence-corrected chi connectivity index (χ0v) is 10.9. The van der Waals surface area contributed by atoms with Gasteiger partial charge in [0.25, 0.3) is 0 Å². The highest BCUT2D eigenvalue weighted by atomic mass is 32.2. The van der Waals surface area contributed by atoms with Crippen molar-refractivity contribution in [1.29, 1.82) is 0 Å². The van der Waals surface area contributed by atoms with Crippen LogP contribution in [0.4, 0.5) is 10.1 Å². The predicted molar refractivity (Wildman–Crippen MR) is 68.1 cm³/mol. The summed E-state index contributed by atoms with van der Waals surface area (Å²) in [5, 5.41) is 6.30. The fourth-order valence-electron chi connectivity index (χ4n) is 1.60. The fraction of sp³-hybridized carbons (Fsp3) is 0.182. The summed E-state index contributed by atoms with van der Waals surface area (Å²) >= 11 is 0. The smallest absolute Gasteiger partial charge is 0.244 e. The van der Waals surface area contributed by atoms with Gasteiger partial charge >= 0.3 is 0 Å². The van der Waals surface area contributed by atoms with Crippen LogP contribution in [0.1, 0.15) is 18.5 Å². The third-order valence-corrected chi connectivity index (χ3v) is 4.17. The molecule has 0 fully saturated rings. The molecular formula is C11H13FN4O2S. The first-order valence-corrected chi connectivity index (χ1v) is 6.94. The number of hydrogen-bond acceptors (Lipinski definition) is 4. The normalized spacial score (nSPS) is 13.4. The van der Waals surface area contributed by atoms with Crippen molar-refractivity contribution >= 4 is 15.7 Å². The standard InChI is InChI=1S/C11H13FN4O2S/c1-7(8-5-14-15-6-8)16-19(17,18)11-3-2-9(13)4-10(11)12/h2-7,16H,13H2,1H3,(H,14,15). The molecule has 0 aliphatic carbocycles. The minimum Gasteiger partial charge on any atom is -0.399 e. The summed E-state index contributed by atoms with van der Waals surface area (Å²) in [6, 6.07) is 2.91. The van der Waals surface area contributed by atoms with Crippen molar-refractivity contribution in [2.24, 2.45) is 0 Å². The molecule has 19 heavy (non-hydrogen) atoms. The van der Waals surface area contributed by atoms with E-state index in [2.05, 4.69) is 14.9 Å². The molecule has 0 amide bonds. The van der Waals surface area contributed by atoms with Gasteiger partial charge in [0.2, 0.25) is 10.0 Å². The molecule has 1 aromatic carbocycles. The minimum absolute atomic E-state index is 0.166. The maximum atomic E-state index is 13.6. The van der Waals surface area contributed by atoms with Crippen molar-refractivity contribution in [3.05, 3.63) is 42.0 Å². The van der Waals surface area contributed by atoms with E-state index in [1.54, 1.807) is 13.1 Å². The molecule has 0 spiro atoms. The zero-order valence-electron chi connectivity index (χ0n) is 10.1. The van der Waals surface area contributed by atoms with Gasteiger partial charge < -0.3 is 5.73 Å². The number of nitrogens with one attached hydrogen (secondary N) is 2. The van der Waals surface area contributed by atoms with E-state index in [1.807, 2.05) is 0 Å². The highest BCUT2D eigenvalue weighted by Crippen LogP contribution is 2.20. The number of anilines is 1. The number of rotatable bonds is 4. The van der Waals surface area contributed by atoms with Gasteiger partial charge in [0.05, 0.1) is 6.20 Å². The van der Waals surface area contributed by atoms with Crippen molar-refractivity contribution in [1.82, 2.24) is 14.9 Å². The van der Waals surface area contributed by atoms with Crippen LogP contribution in [0.5, 0.6) is 0 Å². The molecule has 0 aliphatic heterocycles. The Kier molecular flexibility index (Phi) is 3.54. The average Bonchev–Trinajstić information content (AvgIpc) is 2.80. The van der Waals surface area contributed by atoms with Gasteiger partial charge in [-0.2, -0.15) is 5.10 Å². The molecule has 1 atom stereocenters. The number of sulfonamides is 1. The molecule has 0 bridgehead atoms. The quantitative estimate of drug-likeness (QED) is 0.733.